The van der Waals surface area contributed by atoms with Crippen LogP contribution in [0.2, 0.25) is 0 Å². The van der Waals surface area contributed by atoms with Gasteiger partial charge in [-0.2, -0.15) is 0 Å². The Kier molecular flexibility index (Phi) is 4.38. The second kappa shape index (κ2) is 5.03. The van der Waals surface area contributed by atoms with Gasteiger partial charge in [0.05, 0.1) is 11.7 Å². The van der Waals surface area contributed by atoms with E-state index in [0.29, 0.717) is 18.7 Å². The van der Waals surface area contributed by atoms with E-state index in [1.807, 2.05) is 20.8 Å². The maximum Gasteiger partial charge on any atom is 0.0715 e. The molecule has 1 rings (SSSR count). The molecule has 0 spiro atoms. The molecule has 0 heterocycles. The first-order valence-corrected chi connectivity index (χ1v) is 6.41. The topological polar surface area (TPSA) is 41.5 Å². The molecule has 1 aliphatic rings. The fraction of sp³-hybridized carbons (Fsp3) is 1.00. The van der Waals surface area contributed by atoms with E-state index in [1.165, 1.54) is 0 Å². The molecular formula is C13H27NO2. The zero-order chi connectivity index (χ0) is 12.4. The van der Waals surface area contributed by atoms with Crippen LogP contribution in [-0.2, 0) is 4.74 Å². The summed E-state index contributed by atoms with van der Waals surface area (Å²) < 4.78 is 5.74. The lowest BCUT2D eigenvalue weighted by Gasteiger charge is -2.54. The molecule has 0 radical (unpaired) electrons. The summed E-state index contributed by atoms with van der Waals surface area (Å²) in [6.45, 7) is 11.6. The fourth-order valence-electron chi connectivity index (χ4n) is 2.44. The van der Waals surface area contributed by atoms with Crippen molar-refractivity contribution in [2.75, 3.05) is 13.2 Å². The predicted molar refractivity (Wildman–Crippen MR) is 66.5 cm³/mol. The van der Waals surface area contributed by atoms with E-state index in [0.717, 1.165) is 19.4 Å². The van der Waals surface area contributed by atoms with Crippen molar-refractivity contribution < 1.29 is 9.84 Å². The van der Waals surface area contributed by atoms with Crippen molar-refractivity contribution in [1.29, 1.82) is 0 Å². The largest absolute Gasteiger partial charge is 0.389 e. The second-order valence-corrected chi connectivity index (χ2v) is 5.78. The molecule has 0 aromatic rings. The molecule has 16 heavy (non-hydrogen) atoms. The molecule has 3 nitrogen and oxygen atoms in total. The molecule has 0 aromatic carbocycles. The summed E-state index contributed by atoms with van der Waals surface area (Å²) in [7, 11) is 0. The van der Waals surface area contributed by atoms with Crippen molar-refractivity contribution in [2.45, 2.75) is 65.2 Å². The van der Waals surface area contributed by atoms with Crippen LogP contribution in [0.4, 0.5) is 0 Å². The Bertz CT molecular complexity index is 224. The molecule has 0 bridgehead atoms. The highest BCUT2D eigenvalue weighted by Gasteiger charge is 2.50. The van der Waals surface area contributed by atoms with Gasteiger partial charge in [0.15, 0.2) is 0 Å². The zero-order valence-electron chi connectivity index (χ0n) is 11.3. The highest BCUT2D eigenvalue weighted by molar-refractivity contribution is 5.05. The molecule has 0 aromatic heterocycles. The first-order valence-electron chi connectivity index (χ1n) is 6.41. The van der Waals surface area contributed by atoms with Crippen LogP contribution in [0.3, 0.4) is 0 Å². The average molecular weight is 229 g/mol. The SMILES string of the molecule is CCOC1CC(NCC(C)(C)O)C1(C)CC. The zero-order valence-corrected chi connectivity index (χ0v) is 11.3. The Morgan fingerprint density at radius 2 is 2.06 bits per heavy atom. The van der Waals surface area contributed by atoms with Crippen molar-refractivity contribution >= 4 is 0 Å². The lowest BCUT2D eigenvalue weighted by atomic mass is 9.61. The summed E-state index contributed by atoms with van der Waals surface area (Å²) in [5.74, 6) is 0. The molecule has 0 saturated heterocycles. The number of hydrogen-bond donors (Lipinski definition) is 2. The van der Waals surface area contributed by atoms with Crippen molar-refractivity contribution in [2.24, 2.45) is 5.41 Å². The lowest BCUT2D eigenvalue weighted by Crippen LogP contribution is -2.63. The molecule has 96 valence electrons. The smallest absolute Gasteiger partial charge is 0.0715 e. The summed E-state index contributed by atoms with van der Waals surface area (Å²) in [5, 5.41) is 13.2. The van der Waals surface area contributed by atoms with Gasteiger partial charge in [0, 0.05) is 24.6 Å². The van der Waals surface area contributed by atoms with E-state index in [-0.39, 0.29) is 5.41 Å². The molecule has 2 N–H and O–H groups in total. The third kappa shape index (κ3) is 2.96. The van der Waals surface area contributed by atoms with Crippen LogP contribution in [0.25, 0.3) is 0 Å². The van der Waals surface area contributed by atoms with Gasteiger partial charge in [-0.05, 0) is 33.6 Å². The van der Waals surface area contributed by atoms with E-state index in [1.54, 1.807) is 0 Å². The maximum absolute atomic E-state index is 9.70. The van der Waals surface area contributed by atoms with Crippen LogP contribution < -0.4 is 5.32 Å². The van der Waals surface area contributed by atoms with Gasteiger partial charge in [-0.3, -0.25) is 0 Å². The van der Waals surface area contributed by atoms with E-state index in [4.69, 9.17) is 4.74 Å². The Morgan fingerprint density at radius 1 is 1.44 bits per heavy atom. The van der Waals surface area contributed by atoms with Gasteiger partial charge in [-0.1, -0.05) is 13.8 Å². The lowest BCUT2D eigenvalue weighted by molar-refractivity contribution is -0.128. The van der Waals surface area contributed by atoms with Crippen LogP contribution in [-0.4, -0.2) is 36.0 Å². The predicted octanol–water partition coefficient (Wildman–Crippen LogP) is 1.94. The van der Waals surface area contributed by atoms with E-state index in [2.05, 4.69) is 19.2 Å². The van der Waals surface area contributed by atoms with Crippen molar-refractivity contribution in [3.63, 3.8) is 0 Å². The molecule has 3 heteroatoms. The fourth-order valence-corrected chi connectivity index (χ4v) is 2.44. The molecule has 3 unspecified atom stereocenters. The Balaban J connectivity index is 2.46. The Hall–Kier alpha value is -0.120. The number of nitrogens with one attached hydrogen (secondary N) is 1. The van der Waals surface area contributed by atoms with Crippen LogP contribution in [0.1, 0.15) is 47.5 Å². The van der Waals surface area contributed by atoms with Crippen LogP contribution in [0.5, 0.6) is 0 Å². The molecule has 3 atom stereocenters. The monoisotopic (exact) mass is 229 g/mol. The van der Waals surface area contributed by atoms with Gasteiger partial charge in [-0.25, -0.2) is 0 Å². The van der Waals surface area contributed by atoms with Gasteiger partial charge >= 0.3 is 0 Å². The third-order valence-corrected chi connectivity index (χ3v) is 3.89. The van der Waals surface area contributed by atoms with Crippen LogP contribution in [0, 0.1) is 5.41 Å². The van der Waals surface area contributed by atoms with Crippen LogP contribution in [0.15, 0.2) is 0 Å². The number of ether oxygens (including phenoxy) is 1. The van der Waals surface area contributed by atoms with Gasteiger partial charge in [0.1, 0.15) is 0 Å². The summed E-state index contributed by atoms with van der Waals surface area (Å²) >= 11 is 0. The maximum atomic E-state index is 9.70. The molecule has 0 amide bonds. The van der Waals surface area contributed by atoms with Crippen molar-refractivity contribution in [1.82, 2.24) is 5.32 Å². The average Bonchev–Trinajstić information content (AvgIpc) is 2.19. The highest BCUT2D eigenvalue weighted by Crippen LogP contribution is 2.45. The van der Waals surface area contributed by atoms with Gasteiger partial charge in [0.25, 0.3) is 0 Å². The van der Waals surface area contributed by atoms with Crippen molar-refractivity contribution in [3.8, 4) is 0 Å². The Morgan fingerprint density at radius 3 is 2.50 bits per heavy atom. The minimum atomic E-state index is -0.634. The first kappa shape index (κ1) is 13.9. The van der Waals surface area contributed by atoms with E-state index < -0.39 is 5.60 Å². The van der Waals surface area contributed by atoms with Crippen LogP contribution >= 0.6 is 0 Å². The Labute approximate surface area is 99.6 Å². The second-order valence-electron chi connectivity index (χ2n) is 5.78. The van der Waals surface area contributed by atoms with Gasteiger partial charge < -0.3 is 15.2 Å². The highest BCUT2D eigenvalue weighted by atomic mass is 16.5. The first-order chi connectivity index (χ1) is 7.33. The molecule has 1 saturated carbocycles. The summed E-state index contributed by atoms with van der Waals surface area (Å²) in [6.07, 6.45) is 2.55. The standard InChI is InChI=1S/C13H27NO2/c1-6-13(5)10(8-11(13)16-7-2)14-9-12(3,4)15/h10-11,14-15H,6-9H2,1-5H3. The van der Waals surface area contributed by atoms with Gasteiger partial charge in [-0.15, -0.1) is 0 Å². The summed E-state index contributed by atoms with van der Waals surface area (Å²) in [5.41, 5.74) is -0.410. The van der Waals surface area contributed by atoms with Crippen molar-refractivity contribution in [3.05, 3.63) is 0 Å². The van der Waals surface area contributed by atoms with E-state index in [9.17, 15) is 5.11 Å². The van der Waals surface area contributed by atoms with E-state index >= 15 is 0 Å². The summed E-state index contributed by atoms with van der Waals surface area (Å²) in [4.78, 5) is 0. The molecule has 1 aliphatic carbocycles. The van der Waals surface area contributed by atoms with Gasteiger partial charge in [0.2, 0.25) is 0 Å². The number of rotatable bonds is 6. The third-order valence-electron chi connectivity index (χ3n) is 3.89. The molecule has 0 aliphatic heterocycles. The normalized spacial score (nSPS) is 34.9. The quantitative estimate of drug-likeness (QED) is 0.731. The minimum Gasteiger partial charge on any atom is -0.389 e. The molecular weight excluding hydrogens is 202 g/mol. The summed E-state index contributed by atoms with van der Waals surface area (Å²) in [6, 6.07) is 0.473. The number of aliphatic hydroxyl groups is 1. The molecule has 1 fully saturated rings. The number of hydrogen-bond acceptors (Lipinski definition) is 3. The minimum absolute atomic E-state index is 0.223.